The zero-order valence-corrected chi connectivity index (χ0v) is 15.8. The molecule has 0 amide bonds. The van der Waals surface area contributed by atoms with E-state index in [4.69, 9.17) is 23.2 Å². The van der Waals surface area contributed by atoms with Crippen LogP contribution in [0.4, 0.5) is 5.95 Å². The van der Waals surface area contributed by atoms with Crippen LogP contribution in [-0.2, 0) is 0 Å². The molecule has 0 bridgehead atoms. The zero-order chi connectivity index (χ0) is 18.1. The van der Waals surface area contributed by atoms with E-state index in [1.165, 1.54) is 11.8 Å². The van der Waals surface area contributed by atoms with E-state index < -0.39 is 0 Å². The van der Waals surface area contributed by atoms with Gasteiger partial charge in [0, 0.05) is 23.2 Å². The van der Waals surface area contributed by atoms with Crippen LogP contribution >= 0.6 is 35.0 Å². The van der Waals surface area contributed by atoms with Gasteiger partial charge < -0.3 is 10.6 Å². The van der Waals surface area contributed by atoms with E-state index in [9.17, 15) is 5.26 Å². The van der Waals surface area contributed by atoms with Gasteiger partial charge in [-0.3, -0.25) is 0 Å². The van der Waals surface area contributed by atoms with Gasteiger partial charge in [0.2, 0.25) is 5.95 Å². The highest BCUT2D eigenvalue weighted by Gasteiger charge is 2.23. The second kappa shape index (κ2) is 7.20. The smallest absolute Gasteiger partial charge is 0.223 e. The molecule has 1 saturated carbocycles. The lowest BCUT2D eigenvalue weighted by Gasteiger charge is -2.09. The van der Waals surface area contributed by atoms with Gasteiger partial charge in [-0.1, -0.05) is 41.0 Å². The van der Waals surface area contributed by atoms with Gasteiger partial charge in [-0.25, -0.2) is 9.97 Å². The Hall–Kier alpha value is -2.20. The first-order chi connectivity index (χ1) is 12.6. The quantitative estimate of drug-likeness (QED) is 0.710. The summed E-state index contributed by atoms with van der Waals surface area (Å²) in [5, 5.41) is 19.8. The monoisotopic (exact) mass is 401 g/mol. The topological polar surface area (TPSA) is 73.6 Å². The summed E-state index contributed by atoms with van der Waals surface area (Å²) >= 11 is 13.5. The van der Waals surface area contributed by atoms with Crippen LogP contribution in [0.15, 0.2) is 40.9 Å². The molecular weight excluding hydrogens is 389 g/mol. The molecule has 1 aliphatic carbocycles. The molecular formula is C18H13Cl2N5S. The molecule has 1 aromatic heterocycles. The Balaban J connectivity index is 1.59. The maximum absolute atomic E-state index is 9.66. The molecule has 0 saturated heterocycles. The predicted octanol–water partition coefficient (Wildman–Crippen LogP) is 4.88. The third-order valence-electron chi connectivity index (χ3n) is 3.93. The maximum Gasteiger partial charge on any atom is 0.223 e. The summed E-state index contributed by atoms with van der Waals surface area (Å²) in [5.74, 6) is 0.555. The predicted molar refractivity (Wildman–Crippen MR) is 106 cm³/mol. The van der Waals surface area contributed by atoms with Gasteiger partial charge in [0.25, 0.3) is 0 Å². The first-order valence-electron chi connectivity index (χ1n) is 7.97. The highest BCUT2D eigenvalue weighted by molar-refractivity contribution is 8.06. The Morgan fingerprint density at radius 3 is 2.85 bits per heavy atom. The molecule has 2 aliphatic rings. The molecule has 26 heavy (non-hydrogen) atoms. The Labute approximate surface area is 165 Å². The molecule has 0 radical (unpaired) electrons. The first kappa shape index (κ1) is 17.2. The molecule has 2 aromatic rings. The van der Waals surface area contributed by atoms with Crippen LogP contribution in [0.5, 0.6) is 0 Å². The average Bonchev–Trinajstić information content (AvgIpc) is 3.32. The van der Waals surface area contributed by atoms with Crippen LogP contribution in [0.3, 0.4) is 0 Å². The molecule has 8 heteroatoms. The van der Waals surface area contributed by atoms with Gasteiger partial charge in [-0.15, -0.1) is 0 Å². The summed E-state index contributed by atoms with van der Waals surface area (Å²) in [5.41, 5.74) is 2.83. The number of hydrogen-bond acceptors (Lipinski definition) is 6. The van der Waals surface area contributed by atoms with E-state index in [-0.39, 0.29) is 0 Å². The van der Waals surface area contributed by atoms with Crippen molar-refractivity contribution in [2.24, 2.45) is 0 Å². The van der Waals surface area contributed by atoms with Gasteiger partial charge in [0.1, 0.15) is 11.6 Å². The SMILES string of the molecule is N#CC(=C1NC(c2ccc(Cl)c(Cl)c2)=CS1)c1ccnc(NC2CC2)n1. The molecule has 0 atom stereocenters. The van der Waals surface area contributed by atoms with E-state index in [0.717, 1.165) is 29.1 Å². The van der Waals surface area contributed by atoms with Crippen molar-refractivity contribution >= 4 is 52.2 Å². The minimum atomic E-state index is 0.449. The van der Waals surface area contributed by atoms with Crippen molar-refractivity contribution in [3.05, 3.63) is 62.2 Å². The van der Waals surface area contributed by atoms with Crippen LogP contribution in [0.1, 0.15) is 24.1 Å². The number of benzene rings is 1. The van der Waals surface area contributed by atoms with E-state index >= 15 is 0 Å². The second-order valence-corrected chi connectivity index (χ2v) is 7.60. The lowest BCUT2D eigenvalue weighted by molar-refractivity contribution is 1.04. The molecule has 0 spiro atoms. The Bertz CT molecular complexity index is 976. The second-order valence-electron chi connectivity index (χ2n) is 5.90. The van der Waals surface area contributed by atoms with Crippen LogP contribution in [0, 0.1) is 11.3 Å². The summed E-state index contributed by atoms with van der Waals surface area (Å²) in [7, 11) is 0. The maximum atomic E-state index is 9.66. The van der Waals surface area contributed by atoms with E-state index in [1.807, 2.05) is 11.5 Å². The van der Waals surface area contributed by atoms with Gasteiger partial charge in [0.15, 0.2) is 0 Å². The number of rotatable bonds is 4. The highest BCUT2D eigenvalue weighted by atomic mass is 35.5. The van der Waals surface area contributed by atoms with Crippen LogP contribution in [-0.4, -0.2) is 16.0 Å². The van der Waals surface area contributed by atoms with Gasteiger partial charge >= 0.3 is 0 Å². The molecule has 5 nitrogen and oxygen atoms in total. The molecule has 1 aliphatic heterocycles. The lowest BCUT2D eigenvalue weighted by atomic mass is 10.1. The number of hydrogen-bond donors (Lipinski definition) is 2. The normalized spacial score (nSPS) is 18.0. The number of aromatic nitrogens is 2. The van der Waals surface area contributed by atoms with Crippen molar-refractivity contribution in [1.29, 1.82) is 5.26 Å². The fraction of sp³-hybridized carbons (Fsp3) is 0.167. The number of anilines is 1. The van der Waals surface area contributed by atoms with Crippen molar-refractivity contribution in [2.45, 2.75) is 18.9 Å². The number of thioether (sulfide) groups is 1. The van der Waals surface area contributed by atoms with Crippen molar-refractivity contribution in [1.82, 2.24) is 15.3 Å². The molecule has 4 rings (SSSR count). The number of nitrogens with zero attached hydrogens (tertiary/aromatic N) is 3. The summed E-state index contributed by atoms with van der Waals surface area (Å²) < 4.78 is 0. The minimum Gasteiger partial charge on any atom is -0.351 e. The summed E-state index contributed by atoms with van der Waals surface area (Å²) in [4.78, 5) is 8.70. The van der Waals surface area contributed by atoms with Crippen molar-refractivity contribution in [3.63, 3.8) is 0 Å². The van der Waals surface area contributed by atoms with E-state index in [0.29, 0.717) is 33.3 Å². The Morgan fingerprint density at radius 1 is 1.27 bits per heavy atom. The number of halogens is 2. The van der Waals surface area contributed by atoms with Gasteiger partial charge in [-0.05, 0) is 31.0 Å². The molecule has 0 unspecified atom stereocenters. The first-order valence-corrected chi connectivity index (χ1v) is 9.61. The summed E-state index contributed by atoms with van der Waals surface area (Å²) in [6, 6.07) is 9.86. The van der Waals surface area contributed by atoms with Crippen LogP contribution in [0.25, 0.3) is 11.3 Å². The van der Waals surface area contributed by atoms with E-state index in [2.05, 4.69) is 26.7 Å². The number of allylic oxidation sites excluding steroid dienone is 1. The third-order valence-corrected chi connectivity index (χ3v) is 5.57. The Kier molecular flexibility index (Phi) is 4.77. The van der Waals surface area contributed by atoms with E-state index in [1.54, 1.807) is 24.4 Å². The zero-order valence-electron chi connectivity index (χ0n) is 13.5. The fourth-order valence-electron chi connectivity index (χ4n) is 2.43. The molecule has 2 heterocycles. The summed E-state index contributed by atoms with van der Waals surface area (Å²) in [6.45, 7) is 0. The van der Waals surface area contributed by atoms with Crippen molar-refractivity contribution < 1.29 is 0 Å². The van der Waals surface area contributed by atoms with Crippen molar-refractivity contribution in [2.75, 3.05) is 5.32 Å². The largest absolute Gasteiger partial charge is 0.351 e. The fourth-order valence-corrected chi connectivity index (χ4v) is 3.59. The molecule has 130 valence electrons. The van der Waals surface area contributed by atoms with Gasteiger partial charge in [-0.2, -0.15) is 5.26 Å². The highest BCUT2D eigenvalue weighted by Crippen LogP contribution is 2.36. The number of nitriles is 1. The number of nitrogens with one attached hydrogen (secondary N) is 2. The molecule has 1 fully saturated rings. The summed E-state index contributed by atoms with van der Waals surface area (Å²) in [6.07, 6.45) is 3.93. The van der Waals surface area contributed by atoms with Crippen molar-refractivity contribution in [3.8, 4) is 6.07 Å². The minimum absolute atomic E-state index is 0.449. The lowest BCUT2D eigenvalue weighted by Crippen LogP contribution is -2.09. The van der Waals surface area contributed by atoms with Gasteiger partial charge in [0.05, 0.1) is 26.5 Å². The molecule has 1 aromatic carbocycles. The van der Waals surface area contributed by atoms with Crippen LogP contribution in [0.2, 0.25) is 10.0 Å². The van der Waals surface area contributed by atoms with Crippen LogP contribution < -0.4 is 10.6 Å². The standard InChI is InChI=1S/C18H13Cl2N5S/c19-13-4-1-10(7-14(13)20)16-9-26-17(24-16)12(8-21)15-5-6-22-18(25-15)23-11-2-3-11/h1,4-7,9,11,24H,2-3H2,(H,22,23,25). The third kappa shape index (κ3) is 3.65. The Morgan fingerprint density at radius 2 is 2.12 bits per heavy atom. The average molecular weight is 402 g/mol. The molecule has 2 N–H and O–H groups in total.